The Morgan fingerprint density at radius 1 is 1.50 bits per heavy atom. The lowest BCUT2D eigenvalue weighted by molar-refractivity contribution is 0.153. The van der Waals surface area contributed by atoms with Crippen LogP contribution in [0.2, 0.25) is 0 Å². The van der Waals surface area contributed by atoms with Gasteiger partial charge in [0, 0.05) is 12.7 Å². The predicted molar refractivity (Wildman–Crippen MR) is 54.8 cm³/mol. The SMILES string of the molecule is C=CCC(CC)O[SiH2]OCCC. The maximum atomic E-state index is 5.58. The minimum atomic E-state index is -0.726. The normalized spacial score (nSPS) is 13.8. The van der Waals surface area contributed by atoms with Crippen LogP contribution in [0.25, 0.3) is 0 Å². The second-order valence-electron chi connectivity index (χ2n) is 2.75. The Labute approximate surface area is 78.0 Å². The standard InChI is InChI=1S/C9H20O2Si/c1-4-7-9(6-3)11-12-10-8-5-2/h4,9H,1,5-8,12H2,2-3H3. The molecular weight excluding hydrogens is 168 g/mol. The van der Waals surface area contributed by atoms with Crippen LogP contribution in [0, 0.1) is 0 Å². The molecule has 0 heterocycles. The van der Waals surface area contributed by atoms with Crippen molar-refractivity contribution in [3.8, 4) is 0 Å². The van der Waals surface area contributed by atoms with Crippen molar-refractivity contribution in [2.24, 2.45) is 0 Å². The third kappa shape index (κ3) is 6.58. The Hall–Kier alpha value is -0.123. The van der Waals surface area contributed by atoms with Crippen LogP contribution >= 0.6 is 0 Å². The molecule has 0 aromatic carbocycles. The summed E-state index contributed by atoms with van der Waals surface area (Å²) >= 11 is 0. The lowest BCUT2D eigenvalue weighted by atomic mass is 10.2. The van der Waals surface area contributed by atoms with Crippen LogP contribution in [-0.4, -0.2) is 22.7 Å². The maximum Gasteiger partial charge on any atom is 0.304 e. The Kier molecular flexibility index (Phi) is 8.88. The van der Waals surface area contributed by atoms with Crippen molar-refractivity contribution >= 4 is 10.0 Å². The molecule has 3 heteroatoms. The van der Waals surface area contributed by atoms with E-state index in [0.717, 1.165) is 25.9 Å². The van der Waals surface area contributed by atoms with Crippen LogP contribution in [0.3, 0.4) is 0 Å². The predicted octanol–water partition coefficient (Wildman–Crippen LogP) is 1.78. The molecule has 0 bridgehead atoms. The van der Waals surface area contributed by atoms with Crippen molar-refractivity contribution in [3.63, 3.8) is 0 Å². The molecule has 0 rings (SSSR count). The molecule has 0 aliphatic carbocycles. The van der Waals surface area contributed by atoms with Gasteiger partial charge in [-0.05, 0) is 19.3 Å². The van der Waals surface area contributed by atoms with Gasteiger partial charge in [-0.2, -0.15) is 0 Å². The molecule has 0 spiro atoms. The van der Waals surface area contributed by atoms with Crippen molar-refractivity contribution in [1.82, 2.24) is 0 Å². The highest BCUT2D eigenvalue weighted by atomic mass is 28.3. The lowest BCUT2D eigenvalue weighted by Crippen LogP contribution is -2.16. The Bertz CT molecular complexity index is 107. The molecule has 0 fully saturated rings. The first-order valence-corrected chi connectivity index (χ1v) is 5.80. The molecule has 0 saturated heterocycles. The molecule has 0 radical (unpaired) electrons. The summed E-state index contributed by atoms with van der Waals surface area (Å²) in [6.45, 7) is 8.77. The highest BCUT2D eigenvalue weighted by molar-refractivity contribution is 6.18. The molecule has 1 unspecified atom stereocenters. The van der Waals surface area contributed by atoms with Crippen molar-refractivity contribution in [2.75, 3.05) is 6.61 Å². The van der Waals surface area contributed by atoms with Gasteiger partial charge in [-0.1, -0.05) is 19.9 Å². The van der Waals surface area contributed by atoms with Crippen LogP contribution in [0.1, 0.15) is 33.1 Å². The Balaban J connectivity index is 3.25. The molecule has 0 aromatic rings. The molecule has 0 saturated carbocycles. The second kappa shape index (κ2) is 8.97. The van der Waals surface area contributed by atoms with Crippen LogP contribution in [-0.2, 0) is 8.85 Å². The monoisotopic (exact) mass is 188 g/mol. The van der Waals surface area contributed by atoms with Crippen molar-refractivity contribution in [3.05, 3.63) is 12.7 Å². The largest absolute Gasteiger partial charge is 0.399 e. The zero-order valence-electron chi connectivity index (χ0n) is 8.21. The van der Waals surface area contributed by atoms with Gasteiger partial charge < -0.3 is 8.85 Å². The van der Waals surface area contributed by atoms with Gasteiger partial charge in [0.25, 0.3) is 0 Å². The van der Waals surface area contributed by atoms with E-state index in [1.54, 1.807) is 0 Å². The van der Waals surface area contributed by atoms with E-state index in [-0.39, 0.29) is 0 Å². The average molecular weight is 188 g/mol. The number of hydrogen-bond donors (Lipinski definition) is 0. The summed E-state index contributed by atoms with van der Waals surface area (Å²) in [7, 11) is -0.726. The smallest absolute Gasteiger partial charge is 0.304 e. The van der Waals surface area contributed by atoms with Crippen molar-refractivity contribution < 1.29 is 8.85 Å². The maximum absolute atomic E-state index is 5.58. The quantitative estimate of drug-likeness (QED) is 0.328. The summed E-state index contributed by atoms with van der Waals surface area (Å²) in [5.41, 5.74) is 0. The summed E-state index contributed by atoms with van der Waals surface area (Å²) in [5.74, 6) is 0. The third-order valence-electron chi connectivity index (χ3n) is 1.62. The highest BCUT2D eigenvalue weighted by Crippen LogP contribution is 2.02. The van der Waals surface area contributed by atoms with Crippen LogP contribution in [0.15, 0.2) is 12.7 Å². The molecule has 12 heavy (non-hydrogen) atoms. The topological polar surface area (TPSA) is 18.5 Å². The zero-order valence-corrected chi connectivity index (χ0v) is 9.63. The first-order valence-electron chi connectivity index (χ1n) is 4.65. The summed E-state index contributed by atoms with van der Waals surface area (Å²) in [5, 5.41) is 0. The first-order chi connectivity index (χ1) is 5.85. The minimum absolute atomic E-state index is 0.339. The van der Waals surface area contributed by atoms with Crippen LogP contribution < -0.4 is 0 Å². The fourth-order valence-electron chi connectivity index (χ4n) is 0.886. The molecular formula is C9H20O2Si. The average Bonchev–Trinajstić information content (AvgIpc) is 2.10. The molecule has 0 amide bonds. The van der Waals surface area contributed by atoms with Gasteiger partial charge in [-0.15, -0.1) is 6.58 Å². The first kappa shape index (κ1) is 11.9. The summed E-state index contributed by atoms with van der Waals surface area (Å²) < 4.78 is 10.9. The summed E-state index contributed by atoms with van der Waals surface area (Å²) in [6.07, 6.45) is 5.32. The van der Waals surface area contributed by atoms with E-state index in [2.05, 4.69) is 20.4 Å². The molecule has 72 valence electrons. The minimum Gasteiger partial charge on any atom is -0.399 e. The van der Waals surface area contributed by atoms with Crippen molar-refractivity contribution in [1.29, 1.82) is 0 Å². The van der Waals surface area contributed by atoms with E-state index in [1.165, 1.54) is 0 Å². The van der Waals surface area contributed by atoms with Gasteiger partial charge in [0.05, 0.1) is 0 Å². The molecule has 2 nitrogen and oxygen atoms in total. The summed E-state index contributed by atoms with van der Waals surface area (Å²) in [6, 6.07) is 0. The number of hydrogen-bond acceptors (Lipinski definition) is 2. The van der Waals surface area contributed by atoms with E-state index in [1.807, 2.05) is 6.08 Å². The molecule has 0 aliphatic heterocycles. The van der Waals surface area contributed by atoms with Gasteiger partial charge in [0.15, 0.2) is 0 Å². The van der Waals surface area contributed by atoms with E-state index >= 15 is 0 Å². The van der Waals surface area contributed by atoms with Gasteiger partial charge in [0.1, 0.15) is 0 Å². The van der Waals surface area contributed by atoms with E-state index < -0.39 is 10.0 Å². The fourth-order valence-corrected chi connectivity index (χ4v) is 1.95. The molecule has 0 N–H and O–H groups in total. The second-order valence-corrected chi connectivity index (χ2v) is 3.72. The van der Waals surface area contributed by atoms with Crippen molar-refractivity contribution in [2.45, 2.75) is 39.2 Å². The van der Waals surface area contributed by atoms with E-state index in [9.17, 15) is 0 Å². The zero-order chi connectivity index (χ0) is 9.23. The van der Waals surface area contributed by atoms with E-state index in [0.29, 0.717) is 6.10 Å². The van der Waals surface area contributed by atoms with E-state index in [4.69, 9.17) is 8.85 Å². The van der Waals surface area contributed by atoms with Gasteiger partial charge in [-0.3, -0.25) is 0 Å². The van der Waals surface area contributed by atoms with Crippen LogP contribution in [0.4, 0.5) is 0 Å². The molecule has 1 atom stereocenters. The van der Waals surface area contributed by atoms with Gasteiger partial charge in [-0.25, -0.2) is 0 Å². The van der Waals surface area contributed by atoms with Gasteiger partial charge >= 0.3 is 10.0 Å². The van der Waals surface area contributed by atoms with Gasteiger partial charge in [0.2, 0.25) is 0 Å². The Morgan fingerprint density at radius 2 is 2.25 bits per heavy atom. The third-order valence-corrected chi connectivity index (χ3v) is 2.68. The molecule has 0 aromatic heterocycles. The van der Waals surface area contributed by atoms with Crippen LogP contribution in [0.5, 0.6) is 0 Å². The highest BCUT2D eigenvalue weighted by Gasteiger charge is 2.02. The lowest BCUT2D eigenvalue weighted by Gasteiger charge is -2.13. The molecule has 0 aliphatic rings. The fraction of sp³-hybridized carbons (Fsp3) is 0.778. The Morgan fingerprint density at radius 3 is 2.75 bits per heavy atom. The summed E-state index contributed by atoms with van der Waals surface area (Å²) in [4.78, 5) is 0. The number of rotatable bonds is 8.